The summed E-state index contributed by atoms with van der Waals surface area (Å²) in [5, 5.41) is 11.0. The summed E-state index contributed by atoms with van der Waals surface area (Å²) in [4.78, 5) is 25.7. The van der Waals surface area contributed by atoms with Crippen molar-refractivity contribution in [1.82, 2.24) is 29.4 Å². The summed E-state index contributed by atoms with van der Waals surface area (Å²) < 4.78 is 34.2. The maximum Gasteiger partial charge on any atom is 0.260 e. The maximum absolute atomic E-state index is 12.9. The van der Waals surface area contributed by atoms with Crippen LogP contribution in [-0.2, 0) is 14.8 Å². The van der Waals surface area contributed by atoms with Crippen molar-refractivity contribution in [2.24, 2.45) is 0 Å². The van der Waals surface area contributed by atoms with E-state index in [1.165, 1.54) is 46.5 Å². The SMILES string of the molecule is CC(=O)c1ccc(S(=O)(=O)N2CCN(C(=O)COc3cccc(-n4cnnn4)c3)CC2)cc1. The number of hydrogen-bond donors (Lipinski definition) is 0. The van der Waals surface area contributed by atoms with Crippen LogP contribution in [0.1, 0.15) is 17.3 Å². The van der Waals surface area contributed by atoms with E-state index in [-0.39, 0.29) is 49.4 Å². The minimum Gasteiger partial charge on any atom is -0.484 e. The van der Waals surface area contributed by atoms with Crippen molar-refractivity contribution in [2.75, 3.05) is 32.8 Å². The Hall–Kier alpha value is -3.64. The predicted molar refractivity (Wildman–Crippen MR) is 116 cm³/mol. The van der Waals surface area contributed by atoms with Gasteiger partial charge in [0.15, 0.2) is 12.4 Å². The molecule has 1 aliphatic heterocycles. The van der Waals surface area contributed by atoms with Gasteiger partial charge in [0, 0.05) is 37.8 Å². The third-order valence-electron chi connectivity index (χ3n) is 5.28. The number of Topliss-reactive ketones (excluding diaryl/α,β-unsaturated/α-hetero) is 1. The number of hydrogen-bond acceptors (Lipinski definition) is 8. The van der Waals surface area contributed by atoms with E-state index in [2.05, 4.69) is 15.5 Å². The molecule has 4 rings (SSSR count). The number of ketones is 1. The molecular weight excluding hydrogens is 448 g/mol. The van der Waals surface area contributed by atoms with Crippen molar-refractivity contribution in [3.05, 3.63) is 60.4 Å². The van der Waals surface area contributed by atoms with Crippen molar-refractivity contribution in [3.8, 4) is 11.4 Å². The molecule has 0 unspecified atom stereocenters. The van der Waals surface area contributed by atoms with Gasteiger partial charge in [-0.25, -0.2) is 13.1 Å². The number of piperazine rings is 1. The smallest absolute Gasteiger partial charge is 0.260 e. The Balaban J connectivity index is 1.32. The molecule has 12 heteroatoms. The number of rotatable bonds is 7. The fourth-order valence-electron chi connectivity index (χ4n) is 3.42. The van der Waals surface area contributed by atoms with Crippen molar-refractivity contribution < 1.29 is 22.7 Å². The highest BCUT2D eigenvalue weighted by Crippen LogP contribution is 2.19. The van der Waals surface area contributed by atoms with Gasteiger partial charge in [0.05, 0.1) is 10.6 Å². The average molecular weight is 471 g/mol. The van der Waals surface area contributed by atoms with Crippen molar-refractivity contribution in [1.29, 1.82) is 0 Å². The van der Waals surface area contributed by atoms with Crippen LogP contribution >= 0.6 is 0 Å². The van der Waals surface area contributed by atoms with Crippen LogP contribution in [-0.4, -0.2) is 82.3 Å². The van der Waals surface area contributed by atoms with Gasteiger partial charge in [0.25, 0.3) is 5.91 Å². The zero-order valence-corrected chi connectivity index (χ0v) is 18.7. The van der Waals surface area contributed by atoms with Crippen LogP contribution in [0.25, 0.3) is 5.69 Å². The number of ether oxygens (including phenoxy) is 1. The molecule has 2 aromatic carbocycles. The molecule has 1 aromatic heterocycles. The first-order valence-electron chi connectivity index (χ1n) is 10.2. The summed E-state index contributed by atoms with van der Waals surface area (Å²) in [6, 6.07) is 12.9. The van der Waals surface area contributed by atoms with E-state index in [0.717, 1.165) is 0 Å². The number of benzene rings is 2. The normalized spacial score (nSPS) is 14.8. The third kappa shape index (κ3) is 5.07. The first kappa shape index (κ1) is 22.6. The molecule has 3 aromatic rings. The minimum atomic E-state index is -3.70. The summed E-state index contributed by atoms with van der Waals surface area (Å²) in [6.45, 7) is 2.14. The molecule has 172 valence electrons. The van der Waals surface area contributed by atoms with Crippen molar-refractivity contribution in [2.45, 2.75) is 11.8 Å². The Morgan fingerprint density at radius 1 is 1.03 bits per heavy atom. The quantitative estimate of drug-likeness (QED) is 0.464. The number of tetrazole rings is 1. The van der Waals surface area contributed by atoms with Crippen LogP contribution in [0, 0.1) is 0 Å². The highest BCUT2D eigenvalue weighted by Gasteiger charge is 2.30. The number of carbonyl (C=O) groups excluding carboxylic acids is 2. The Morgan fingerprint density at radius 3 is 2.39 bits per heavy atom. The lowest BCUT2D eigenvalue weighted by molar-refractivity contribution is -0.134. The highest BCUT2D eigenvalue weighted by atomic mass is 32.2. The molecule has 0 spiro atoms. The second-order valence-corrected chi connectivity index (χ2v) is 9.34. The molecule has 11 nitrogen and oxygen atoms in total. The van der Waals surface area contributed by atoms with Crippen LogP contribution < -0.4 is 4.74 Å². The zero-order chi connectivity index (χ0) is 23.4. The van der Waals surface area contributed by atoms with E-state index in [1.54, 1.807) is 29.2 Å². The fourth-order valence-corrected chi connectivity index (χ4v) is 4.84. The number of aromatic nitrogens is 4. The van der Waals surface area contributed by atoms with Gasteiger partial charge in [-0.05, 0) is 41.6 Å². The molecular formula is C21H22N6O5S. The molecule has 2 heterocycles. The molecule has 1 fully saturated rings. The summed E-state index contributed by atoms with van der Waals surface area (Å²) >= 11 is 0. The lowest BCUT2D eigenvalue weighted by Gasteiger charge is -2.34. The fraction of sp³-hybridized carbons (Fsp3) is 0.286. The summed E-state index contributed by atoms with van der Waals surface area (Å²) in [5.74, 6) is 0.132. The van der Waals surface area contributed by atoms with Crippen LogP contribution in [0.2, 0.25) is 0 Å². The van der Waals surface area contributed by atoms with Crippen molar-refractivity contribution >= 4 is 21.7 Å². The molecule has 33 heavy (non-hydrogen) atoms. The highest BCUT2D eigenvalue weighted by molar-refractivity contribution is 7.89. The number of carbonyl (C=O) groups is 2. The van der Waals surface area contributed by atoms with Crippen LogP contribution in [0.4, 0.5) is 0 Å². The topological polar surface area (TPSA) is 128 Å². The van der Waals surface area contributed by atoms with E-state index >= 15 is 0 Å². The third-order valence-corrected chi connectivity index (χ3v) is 7.20. The molecule has 1 aliphatic rings. The van der Waals surface area contributed by atoms with Gasteiger partial charge in [-0.15, -0.1) is 5.10 Å². The maximum atomic E-state index is 12.9. The molecule has 0 N–H and O–H groups in total. The van der Waals surface area contributed by atoms with Gasteiger partial charge >= 0.3 is 0 Å². The first-order valence-corrected chi connectivity index (χ1v) is 11.6. The standard InChI is InChI=1S/C21H22N6O5S/c1-16(28)17-5-7-20(8-6-17)33(30,31)26-11-9-25(10-12-26)21(29)14-32-19-4-2-3-18(13-19)27-15-22-23-24-27/h2-8,13,15H,9-12,14H2,1H3. The summed E-state index contributed by atoms with van der Waals surface area (Å²) in [6.07, 6.45) is 1.45. The summed E-state index contributed by atoms with van der Waals surface area (Å²) in [7, 11) is -3.70. The van der Waals surface area contributed by atoms with Crippen LogP contribution in [0.15, 0.2) is 59.8 Å². The van der Waals surface area contributed by atoms with Gasteiger partial charge in [-0.2, -0.15) is 4.31 Å². The van der Waals surface area contributed by atoms with E-state index in [1.807, 2.05) is 0 Å². The molecule has 1 amide bonds. The first-order chi connectivity index (χ1) is 15.8. The van der Waals surface area contributed by atoms with E-state index in [0.29, 0.717) is 17.0 Å². The molecule has 0 aliphatic carbocycles. The van der Waals surface area contributed by atoms with Crippen LogP contribution in [0.3, 0.4) is 0 Å². The van der Waals surface area contributed by atoms with Gasteiger partial charge in [0.1, 0.15) is 12.1 Å². The Labute approximate surface area is 190 Å². The van der Waals surface area contributed by atoms with E-state index < -0.39 is 10.0 Å². The lowest BCUT2D eigenvalue weighted by Crippen LogP contribution is -2.51. The molecule has 0 radical (unpaired) electrons. The van der Waals surface area contributed by atoms with Gasteiger partial charge < -0.3 is 9.64 Å². The average Bonchev–Trinajstić information content (AvgIpc) is 3.38. The van der Waals surface area contributed by atoms with Crippen LogP contribution in [0.5, 0.6) is 5.75 Å². The second-order valence-electron chi connectivity index (χ2n) is 7.41. The monoisotopic (exact) mass is 470 g/mol. The van der Waals surface area contributed by atoms with Gasteiger partial charge in [-0.3, -0.25) is 9.59 Å². The Morgan fingerprint density at radius 2 is 1.76 bits per heavy atom. The van der Waals surface area contributed by atoms with Gasteiger partial charge in [-0.1, -0.05) is 18.2 Å². The minimum absolute atomic E-state index is 0.123. The van der Waals surface area contributed by atoms with E-state index in [4.69, 9.17) is 4.74 Å². The molecule has 1 saturated heterocycles. The largest absolute Gasteiger partial charge is 0.484 e. The number of sulfonamides is 1. The van der Waals surface area contributed by atoms with E-state index in [9.17, 15) is 18.0 Å². The Kier molecular flexibility index (Phi) is 6.47. The molecule has 0 bridgehead atoms. The second kappa shape index (κ2) is 9.46. The lowest BCUT2D eigenvalue weighted by atomic mass is 10.2. The Bertz CT molecular complexity index is 1240. The summed E-state index contributed by atoms with van der Waals surface area (Å²) in [5.41, 5.74) is 1.15. The van der Waals surface area contributed by atoms with Gasteiger partial charge in [0.2, 0.25) is 10.0 Å². The molecule has 0 atom stereocenters. The number of amides is 1. The predicted octanol–water partition coefficient (Wildman–Crippen LogP) is 0.777. The zero-order valence-electron chi connectivity index (χ0n) is 17.9. The number of nitrogens with zero attached hydrogens (tertiary/aromatic N) is 6. The molecule has 0 saturated carbocycles. The van der Waals surface area contributed by atoms with Crippen molar-refractivity contribution in [3.63, 3.8) is 0 Å².